The molecule has 0 aliphatic heterocycles. The number of rotatable bonds is 4. The van der Waals surface area contributed by atoms with Gasteiger partial charge in [-0.25, -0.2) is 0 Å². The molecular formula is C15H18F3N5O2. The van der Waals surface area contributed by atoms with Gasteiger partial charge in [0.15, 0.2) is 5.69 Å². The lowest BCUT2D eigenvalue weighted by Gasteiger charge is -2.14. The van der Waals surface area contributed by atoms with Gasteiger partial charge in [-0.1, -0.05) is 0 Å². The fourth-order valence-electron chi connectivity index (χ4n) is 3.23. The zero-order valence-corrected chi connectivity index (χ0v) is 13.8. The SMILES string of the molecule is Cc1nnc(C[C@@H]2CC[C@H](NC(=O)c3c(C(F)(F)F)n[nH]c3C)C2)o1. The van der Waals surface area contributed by atoms with Crippen LogP contribution < -0.4 is 5.32 Å². The van der Waals surface area contributed by atoms with Crippen LogP contribution >= 0.6 is 0 Å². The lowest BCUT2D eigenvalue weighted by molar-refractivity contribution is -0.141. The molecule has 136 valence electrons. The van der Waals surface area contributed by atoms with Gasteiger partial charge in [-0.3, -0.25) is 9.89 Å². The monoisotopic (exact) mass is 357 g/mol. The Labute approximate surface area is 141 Å². The van der Waals surface area contributed by atoms with Crippen LogP contribution in [0.2, 0.25) is 0 Å². The lowest BCUT2D eigenvalue weighted by atomic mass is 10.0. The molecule has 2 atom stereocenters. The summed E-state index contributed by atoms with van der Waals surface area (Å²) in [4.78, 5) is 12.3. The largest absolute Gasteiger partial charge is 0.435 e. The van der Waals surface area contributed by atoms with E-state index in [1.807, 2.05) is 0 Å². The quantitative estimate of drug-likeness (QED) is 0.877. The number of amides is 1. The van der Waals surface area contributed by atoms with Gasteiger partial charge < -0.3 is 9.73 Å². The van der Waals surface area contributed by atoms with Crippen LogP contribution in [-0.4, -0.2) is 32.3 Å². The maximum absolute atomic E-state index is 13.0. The topological polar surface area (TPSA) is 96.7 Å². The van der Waals surface area contributed by atoms with Gasteiger partial charge in [0.2, 0.25) is 11.8 Å². The Morgan fingerprint density at radius 3 is 2.72 bits per heavy atom. The number of halogens is 3. The molecule has 2 heterocycles. The van der Waals surface area contributed by atoms with E-state index in [-0.39, 0.29) is 17.7 Å². The summed E-state index contributed by atoms with van der Waals surface area (Å²) in [6, 6.07) is -0.183. The molecule has 3 rings (SSSR count). The molecule has 2 aromatic heterocycles. The van der Waals surface area contributed by atoms with Crippen molar-refractivity contribution in [3.8, 4) is 0 Å². The molecule has 0 saturated heterocycles. The van der Waals surface area contributed by atoms with Gasteiger partial charge in [-0.05, 0) is 32.1 Å². The Hall–Kier alpha value is -2.39. The number of H-pyrrole nitrogens is 1. The Bertz CT molecular complexity index is 768. The van der Waals surface area contributed by atoms with E-state index in [4.69, 9.17) is 4.42 Å². The number of nitrogens with one attached hydrogen (secondary N) is 2. The molecule has 0 bridgehead atoms. The van der Waals surface area contributed by atoms with Crippen LogP contribution in [-0.2, 0) is 12.6 Å². The fraction of sp³-hybridized carbons (Fsp3) is 0.600. The van der Waals surface area contributed by atoms with Crippen molar-refractivity contribution in [3.05, 3.63) is 28.7 Å². The van der Waals surface area contributed by atoms with Crippen LogP contribution in [0.3, 0.4) is 0 Å². The van der Waals surface area contributed by atoms with E-state index in [2.05, 4.69) is 25.7 Å². The van der Waals surface area contributed by atoms with Crippen molar-refractivity contribution in [2.75, 3.05) is 0 Å². The maximum atomic E-state index is 13.0. The van der Waals surface area contributed by atoms with Crippen molar-refractivity contribution in [2.24, 2.45) is 5.92 Å². The maximum Gasteiger partial charge on any atom is 0.435 e. The third kappa shape index (κ3) is 3.83. The molecule has 1 amide bonds. The van der Waals surface area contributed by atoms with E-state index in [0.29, 0.717) is 31.0 Å². The van der Waals surface area contributed by atoms with Crippen molar-refractivity contribution < 1.29 is 22.4 Å². The highest BCUT2D eigenvalue weighted by atomic mass is 19.4. The first kappa shape index (κ1) is 17.4. The standard InChI is InChI=1S/C15H18F3N5O2/c1-7-12(13(23-20-7)15(16,17)18)14(24)19-10-4-3-9(5-10)6-11-22-21-8(2)25-11/h9-10H,3-6H2,1-2H3,(H,19,24)(H,20,23)/t9-,10+/m1/s1. The molecule has 0 radical (unpaired) electrons. The van der Waals surface area contributed by atoms with Crippen molar-refractivity contribution in [1.82, 2.24) is 25.7 Å². The number of alkyl halides is 3. The molecule has 1 aliphatic carbocycles. The normalized spacial score (nSPS) is 20.8. The summed E-state index contributed by atoms with van der Waals surface area (Å²) in [5, 5.41) is 15.9. The molecule has 2 aromatic rings. The molecule has 10 heteroatoms. The van der Waals surface area contributed by atoms with Crippen LogP contribution in [0.1, 0.15) is 52.8 Å². The van der Waals surface area contributed by atoms with E-state index < -0.39 is 23.3 Å². The third-order valence-corrected chi connectivity index (χ3v) is 4.35. The van der Waals surface area contributed by atoms with Gasteiger partial charge in [0, 0.05) is 25.1 Å². The number of carbonyl (C=O) groups excluding carboxylic acids is 1. The van der Waals surface area contributed by atoms with Gasteiger partial charge >= 0.3 is 6.18 Å². The number of carbonyl (C=O) groups is 1. The predicted molar refractivity (Wildman–Crippen MR) is 79.7 cm³/mol. The molecule has 0 spiro atoms. The second-order valence-corrected chi connectivity index (χ2v) is 6.34. The summed E-state index contributed by atoms with van der Waals surface area (Å²) >= 11 is 0. The predicted octanol–water partition coefficient (Wildman–Crippen LogP) is 2.57. The molecule has 0 unspecified atom stereocenters. The zero-order valence-electron chi connectivity index (χ0n) is 13.8. The number of aryl methyl sites for hydroxylation is 2. The summed E-state index contributed by atoms with van der Waals surface area (Å²) in [5.41, 5.74) is -1.53. The summed E-state index contributed by atoms with van der Waals surface area (Å²) < 4.78 is 44.2. The van der Waals surface area contributed by atoms with Crippen molar-refractivity contribution in [1.29, 1.82) is 0 Å². The first-order chi connectivity index (χ1) is 11.7. The summed E-state index contributed by atoms with van der Waals surface area (Å²) in [6.07, 6.45) is -1.88. The van der Waals surface area contributed by atoms with Gasteiger partial charge in [-0.2, -0.15) is 18.3 Å². The van der Waals surface area contributed by atoms with Crippen molar-refractivity contribution >= 4 is 5.91 Å². The molecule has 25 heavy (non-hydrogen) atoms. The number of aromatic amines is 1. The van der Waals surface area contributed by atoms with E-state index >= 15 is 0 Å². The summed E-state index contributed by atoms with van der Waals surface area (Å²) in [7, 11) is 0. The Kier molecular flexibility index (Phi) is 4.53. The van der Waals surface area contributed by atoms with Gasteiger partial charge in [0.25, 0.3) is 5.91 Å². The first-order valence-corrected chi connectivity index (χ1v) is 7.96. The number of aromatic nitrogens is 4. The molecule has 1 aliphatic rings. The molecular weight excluding hydrogens is 339 g/mol. The zero-order chi connectivity index (χ0) is 18.2. The average Bonchev–Trinajstić information content (AvgIpc) is 3.20. The van der Waals surface area contributed by atoms with Gasteiger partial charge in [0.05, 0.1) is 5.56 Å². The first-order valence-electron chi connectivity index (χ1n) is 7.96. The van der Waals surface area contributed by atoms with Crippen molar-refractivity contribution in [3.63, 3.8) is 0 Å². The minimum Gasteiger partial charge on any atom is -0.426 e. The lowest BCUT2D eigenvalue weighted by Crippen LogP contribution is -2.34. The summed E-state index contributed by atoms with van der Waals surface area (Å²) in [5.74, 6) is 0.531. The molecule has 2 N–H and O–H groups in total. The van der Waals surface area contributed by atoms with Crippen molar-refractivity contribution in [2.45, 2.75) is 51.7 Å². The average molecular weight is 357 g/mol. The molecule has 1 fully saturated rings. The Morgan fingerprint density at radius 1 is 1.32 bits per heavy atom. The van der Waals surface area contributed by atoms with E-state index in [9.17, 15) is 18.0 Å². The highest BCUT2D eigenvalue weighted by Gasteiger charge is 2.40. The molecule has 7 nitrogen and oxygen atoms in total. The Balaban J connectivity index is 1.62. The molecule has 0 aromatic carbocycles. The van der Waals surface area contributed by atoms with Gasteiger partial charge in [0.1, 0.15) is 0 Å². The number of hydrogen-bond donors (Lipinski definition) is 2. The number of nitrogens with zero attached hydrogens (tertiary/aromatic N) is 3. The van der Waals surface area contributed by atoms with Crippen LogP contribution in [0.25, 0.3) is 0 Å². The van der Waals surface area contributed by atoms with Crippen LogP contribution in [0, 0.1) is 19.8 Å². The second kappa shape index (κ2) is 6.49. The number of hydrogen-bond acceptors (Lipinski definition) is 5. The highest BCUT2D eigenvalue weighted by Crippen LogP contribution is 2.32. The summed E-state index contributed by atoms with van der Waals surface area (Å²) in [6.45, 7) is 3.10. The second-order valence-electron chi connectivity index (χ2n) is 6.34. The minimum atomic E-state index is -4.68. The van der Waals surface area contributed by atoms with Crippen LogP contribution in [0.4, 0.5) is 13.2 Å². The minimum absolute atomic E-state index is 0.0979. The van der Waals surface area contributed by atoms with Crippen LogP contribution in [0.15, 0.2) is 4.42 Å². The third-order valence-electron chi connectivity index (χ3n) is 4.35. The van der Waals surface area contributed by atoms with E-state index in [1.165, 1.54) is 6.92 Å². The highest BCUT2D eigenvalue weighted by molar-refractivity contribution is 5.96. The van der Waals surface area contributed by atoms with Crippen LogP contribution in [0.5, 0.6) is 0 Å². The Morgan fingerprint density at radius 2 is 2.08 bits per heavy atom. The fourth-order valence-corrected chi connectivity index (χ4v) is 3.23. The molecule has 1 saturated carbocycles. The smallest absolute Gasteiger partial charge is 0.426 e. The van der Waals surface area contributed by atoms with E-state index in [0.717, 1.165) is 6.42 Å². The van der Waals surface area contributed by atoms with E-state index in [1.54, 1.807) is 6.92 Å². The van der Waals surface area contributed by atoms with Gasteiger partial charge in [-0.15, -0.1) is 10.2 Å².